The molecule has 0 aliphatic heterocycles. The highest BCUT2D eigenvalue weighted by molar-refractivity contribution is 5.70. The van der Waals surface area contributed by atoms with Crippen LogP contribution in [0.2, 0.25) is 0 Å². The number of hydrogen-bond acceptors (Lipinski definition) is 3. The van der Waals surface area contributed by atoms with E-state index in [0.29, 0.717) is 6.42 Å². The van der Waals surface area contributed by atoms with Gasteiger partial charge in [-0.25, -0.2) is 0 Å². The highest BCUT2D eigenvalue weighted by Crippen LogP contribution is 2.32. The zero-order valence-electron chi connectivity index (χ0n) is 13.4. The number of aryl methyl sites for hydroxylation is 1. The molecule has 0 radical (unpaired) electrons. The molecule has 116 valence electrons. The lowest BCUT2D eigenvalue weighted by molar-refractivity contribution is -0.150. The summed E-state index contributed by atoms with van der Waals surface area (Å²) in [7, 11) is 0. The third kappa shape index (κ3) is 4.85. The van der Waals surface area contributed by atoms with Crippen LogP contribution in [0.15, 0.2) is 24.3 Å². The Morgan fingerprint density at radius 3 is 2.81 bits per heavy atom. The van der Waals surface area contributed by atoms with Gasteiger partial charge in [-0.2, -0.15) is 0 Å². The predicted molar refractivity (Wildman–Crippen MR) is 84.9 cm³/mol. The Hall–Kier alpha value is -1.35. The Morgan fingerprint density at radius 2 is 2.10 bits per heavy atom. The largest absolute Gasteiger partial charge is 0.457 e. The first kappa shape index (κ1) is 16.0. The standard InChI is InChI=1S/C18H27NO2/c1-18(2,3)12-14(19)11-17(20)21-16-10-6-8-13-7-4-5-9-15(13)16/h4-5,7,9,14,16H,6,8,10-12,19H2,1-3H3. The van der Waals surface area contributed by atoms with E-state index < -0.39 is 0 Å². The van der Waals surface area contributed by atoms with E-state index in [9.17, 15) is 4.79 Å². The van der Waals surface area contributed by atoms with Gasteiger partial charge in [0.1, 0.15) is 6.10 Å². The first-order valence-corrected chi connectivity index (χ1v) is 7.88. The van der Waals surface area contributed by atoms with E-state index in [2.05, 4.69) is 32.9 Å². The zero-order valence-corrected chi connectivity index (χ0v) is 13.4. The number of benzene rings is 1. The maximum Gasteiger partial charge on any atom is 0.307 e. The lowest BCUT2D eigenvalue weighted by Gasteiger charge is -2.27. The van der Waals surface area contributed by atoms with Crippen LogP contribution in [0.1, 0.15) is 63.7 Å². The average molecular weight is 289 g/mol. The third-order valence-corrected chi connectivity index (χ3v) is 3.89. The average Bonchev–Trinajstić information content (AvgIpc) is 2.36. The Kier molecular flexibility index (Phi) is 5.04. The monoisotopic (exact) mass is 289 g/mol. The summed E-state index contributed by atoms with van der Waals surface area (Å²) in [6, 6.07) is 8.12. The second-order valence-corrected chi connectivity index (χ2v) is 7.30. The molecule has 0 heterocycles. The van der Waals surface area contributed by atoms with Crippen molar-refractivity contribution in [3.63, 3.8) is 0 Å². The first-order valence-electron chi connectivity index (χ1n) is 7.88. The normalized spacial score (nSPS) is 19.7. The molecule has 0 saturated carbocycles. The van der Waals surface area contributed by atoms with Gasteiger partial charge in [0, 0.05) is 6.04 Å². The molecule has 3 heteroatoms. The van der Waals surface area contributed by atoms with Gasteiger partial charge in [0.25, 0.3) is 0 Å². The van der Waals surface area contributed by atoms with Crippen LogP contribution in [-0.4, -0.2) is 12.0 Å². The van der Waals surface area contributed by atoms with Gasteiger partial charge in [0.2, 0.25) is 0 Å². The Balaban J connectivity index is 1.92. The fraction of sp³-hybridized carbons (Fsp3) is 0.611. The zero-order chi connectivity index (χ0) is 15.5. The number of fused-ring (bicyclic) bond motifs is 1. The maximum absolute atomic E-state index is 12.1. The molecule has 0 fully saturated rings. The number of hydrogen-bond donors (Lipinski definition) is 1. The van der Waals surface area contributed by atoms with E-state index in [4.69, 9.17) is 10.5 Å². The Bertz CT molecular complexity index is 490. The van der Waals surface area contributed by atoms with E-state index in [-0.39, 0.29) is 23.5 Å². The summed E-state index contributed by atoms with van der Waals surface area (Å²) in [6.45, 7) is 6.40. The van der Waals surface area contributed by atoms with Crippen molar-refractivity contribution in [3.05, 3.63) is 35.4 Å². The summed E-state index contributed by atoms with van der Waals surface area (Å²) in [5.74, 6) is -0.173. The molecule has 2 unspecified atom stereocenters. The molecule has 0 spiro atoms. The molecule has 21 heavy (non-hydrogen) atoms. The van der Waals surface area contributed by atoms with Crippen LogP contribution in [0.3, 0.4) is 0 Å². The smallest absolute Gasteiger partial charge is 0.307 e. The minimum atomic E-state index is -0.173. The summed E-state index contributed by atoms with van der Waals surface area (Å²) in [5, 5.41) is 0. The van der Waals surface area contributed by atoms with Crippen LogP contribution in [0.5, 0.6) is 0 Å². The molecular formula is C18H27NO2. The van der Waals surface area contributed by atoms with Gasteiger partial charge in [-0.05, 0) is 42.2 Å². The number of nitrogens with two attached hydrogens (primary N) is 1. The summed E-state index contributed by atoms with van der Waals surface area (Å²) in [6.07, 6.45) is 4.09. The van der Waals surface area contributed by atoms with E-state index in [1.807, 2.05) is 12.1 Å². The number of carbonyl (C=O) groups is 1. The van der Waals surface area contributed by atoms with Gasteiger partial charge in [-0.1, -0.05) is 45.0 Å². The Morgan fingerprint density at radius 1 is 1.38 bits per heavy atom. The van der Waals surface area contributed by atoms with E-state index >= 15 is 0 Å². The van der Waals surface area contributed by atoms with Gasteiger partial charge in [0.15, 0.2) is 0 Å². The van der Waals surface area contributed by atoms with Gasteiger partial charge in [0.05, 0.1) is 6.42 Å². The van der Waals surface area contributed by atoms with Crippen molar-refractivity contribution in [3.8, 4) is 0 Å². The highest BCUT2D eigenvalue weighted by Gasteiger charge is 2.25. The van der Waals surface area contributed by atoms with Crippen molar-refractivity contribution < 1.29 is 9.53 Å². The molecule has 1 aliphatic carbocycles. The lowest BCUT2D eigenvalue weighted by atomic mass is 9.87. The van der Waals surface area contributed by atoms with Gasteiger partial charge in [-0.3, -0.25) is 4.79 Å². The van der Waals surface area contributed by atoms with Crippen molar-refractivity contribution in [2.45, 2.75) is 65.0 Å². The van der Waals surface area contributed by atoms with Crippen molar-refractivity contribution in [1.29, 1.82) is 0 Å². The molecule has 1 aliphatic rings. The summed E-state index contributed by atoms with van der Waals surface area (Å²) in [4.78, 5) is 12.1. The molecule has 0 saturated heterocycles. The van der Waals surface area contributed by atoms with Gasteiger partial charge in [-0.15, -0.1) is 0 Å². The highest BCUT2D eigenvalue weighted by atomic mass is 16.5. The molecule has 0 bridgehead atoms. The van der Waals surface area contributed by atoms with Crippen molar-refractivity contribution >= 4 is 5.97 Å². The number of carbonyl (C=O) groups excluding carboxylic acids is 1. The van der Waals surface area contributed by atoms with E-state index in [0.717, 1.165) is 25.7 Å². The topological polar surface area (TPSA) is 52.3 Å². The third-order valence-electron chi connectivity index (χ3n) is 3.89. The van der Waals surface area contributed by atoms with Gasteiger partial charge < -0.3 is 10.5 Å². The molecule has 2 atom stereocenters. The van der Waals surface area contributed by atoms with Crippen LogP contribution in [0.25, 0.3) is 0 Å². The molecule has 0 amide bonds. The number of esters is 1. The van der Waals surface area contributed by atoms with Crippen molar-refractivity contribution in [2.24, 2.45) is 11.1 Å². The fourth-order valence-electron chi connectivity index (χ4n) is 3.11. The molecule has 0 aromatic heterocycles. The van der Waals surface area contributed by atoms with Crippen LogP contribution < -0.4 is 5.73 Å². The predicted octanol–water partition coefficient (Wildman–Crippen LogP) is 3.76. The van der Waals surface area contributed by atoms with Gasteiger partial charge >= 0.3 is 5.97 Å². The maximum atomic E-state index is 12.1. The molecular weight excluding hydrogens is 262 g/mol. The minimum Gasteiger partial charge on any atom is -0.457 e. The summed E-state index contributed by atoms with van der Waals surface area (Å²) in [5.41, 5.74) is 8.67. The lowest BCUT2D eigenvalue weighted by Crippen LogP contribution is -2.30. The fourth-order valence-corrected chi connectivity index (χ4v) is 3.11. The first-order chi connectivity index (χ1) is 9.85. The molecule has 1 aromatic rings. The van der Waals surface area contributed by atoms with Crippen LogP contribution >= 0.6 is 0 Å². The molecule has 2 N–H and O–H groups in total. The SMILES string of the molecule is CC(C)(C)CC(N)CC(=O)OC1CCCc2ccccc21. The summed E-state index contributed by atoms with van der Waals surface area (Å²) >= 11 is 0. The number of ether oxygens (including phenoxy) is 1. The van der Waals surface area contributed by atoms with Crippen molar-refractivity contribution in [2.75, 3.05) is 0 Å². The molecule has 1 aromatic carbocycles. The van der Waals surface area contributed by atoms with Crippen molar-refractivity contribution in [1.82, 2.24) is 0 Å². The summed E-state index contributed by atoms with van der Waals surface area (Å²) < 4.78 is 5.68. The number of rotatable bonds is 4. The Labute approximate surface area is 127 Å². The van der Waals surface area contributed by atoms with Crippen LogP contribution in [0.4, 0.5) is 0 Å². The van der Waals surface area contributed by atoms with Crippen LogP contribution in [-0.2, 0) is 16.0 Å². The van der Waals surface area contributed by atoms with Crippen LogP contribution in [0, 0.1) is 5.41 Å². The van der Waals surface area contributed by atoms with E-state index in [1.165, 1.54) is 11.1 Å². The minimum absolute atomic E-state index is 0.0933. The second-order valence-electron chi connectivity index (χ2n) is 7.30. The molecule has 3 nitrogen and oxygen atoms in total. The second kappa shape index (κ2) is 6.61. The molecule has 2 rings (SSSR count). The van der Waals surface area contributed by atoms with E-state index in [1.54, 1.807) is 0 Å². The quantitative estimate of drug-likeness (QED) is 0.859.